The maximum Gasteiger partial charge on any atom is 0.290 e. The zero-order valence-corrected chi connectivity index (χ0v) is 12.0. The first kappa shape index (κ1) is 13.3. The van der Waals surface area contributed by atoms with Crippen molar-refractivity contribution >= 4 is 11.5 Å². The fourth-order valence-corrected chi connectivity index (χ4v) is 3.45. The molecule has 3 rings (SSSR count). The lowest BCUT2D eigenvalue weighted by molar-refractivity contribution is -0.385. The summed E-state index contributed by atoms with van der Waals surface area (Å²) >= 11 is 0. The van der Waals surface area contributed by atoms with E-state index in [9.17, 15) is 10.1 Å². The topological polar surface area (TPSA) is 62.5 Å². The molecule has 20 heavy (non-hydrogen) atoms. The molecule has 6 nitrogen and oxygen atoms in total. The Morgan fingerprint density at radius 3 is 2.75 bits per heavy atom. The van der Waals surface area contributed by atoms with Crippen LogP contribution in [0.5, 0.6) is 0 Å². The smallest absolute Gasteiger partial charge is 0.290 e. The van der Waals surface area contributed by atoms with Gasteiger partial charge in [0.15, 0.2) is 0 Å². The molecule has 2 saturated heterocycles. The minimum atomic E-state index is -0.370. The summed E-state index contributed by atoms with van der Waals surface area (Å²) in [6, 6.07) is 3.36. The third-order valence-electron chi connectivity index (χ3n) is 4.57. The number of pyridine rings is 1. The van der Waals surface area contributed by atoms with E-state index in [4.69, 9.17) is 0 Å². The first-order valence-electron chi connectivity index (χ1n) is 7.10. The van der Waals surface area contributed by atoms with Crippen LogP contribution in [0, 0.1) is 28.9 Å². The molecule has 0 aliphatic carbocycles. The summed E-state index contributed by atoms with van der Waals surface area (Å²) in [4.78, 5) is 19.6. The Bertz CT molecular complexity index is 534. The molecule has 0 amide bonds. The van der Waals surface area contributed by atoms with Crippen molar-refractivity contribution < 1.29 is 4.92 Å². The zero-order chi connectivity index (χ0) is 14.3. The van der Waals surface area contributed by atoms with Gasteiger partial charge in [-0.05, 0) is 44.8 Å². The van der Waals surface area contributed by atoms with Crippen LogP contribution in [0.15, 0.2) is 12.1 Å². The molecule has 0 radical (unpaired) electrons. The standard InChI is InChI=1S/C14H20N4O2/c1-10-13(18(19)20)3-4-14(15-10)17-8-11-5-6-16(2)7-12(11)9-17/h3-4,11-12H,5-9H2,1-2H3. The number of likely N-dealkylation sites (tertiary alicyclic amines) is 1. The van der Waals surface area contributed by atoms with Crippen molar-refractivity contribution in [1.82, 2.24) is 9.88 Å². The monoisotopic (exact) mass is 276 g/mol. The number of nitro groups is 1. The van der Waals surface area contributed by atoms with Crippen molar-refractivity contribution in [1.29, 1.82) is 0 Å². The molecule has 0 spiro atoms. The van der Waals surface area contributed by atoms with Crippen molar-refractivity contribution in [3.05, 3.63) is 27.9 Å². The number of hydrogen-bond acceptors (Lipinski definition) is 5. The SMILES string of the molecule is Cc1nc(N2CC3CCN(C)CC3C2)ccc1[N+](=O)[O-]. The van der Waals surface area contributed by atoms with Crippen molar-refractivity contribution in [2.24, 2.45) is 11.8 Å². The Hall–Kier alpha value is -1.69. The summed E-state index contributed by atoms with van der Waals surface area (Å²) in [5, 5.41) is 10.8. The molecule has 1 aromatic heterocycles. The van der Waals surface area contributed by atoms with Crippen LogP contribution in [0.2, 0.25) is 0 Å². The highest BCUT2D eigenvalue weighted by atomic mass is 16.6. The van der Waals surface area contributed by atoms with Gasteiger partial charge in [0.25, 0.3) is 5.69 Å². The predicted molar refractivity (Wildman–Crippen MR) is 76.9 cm³/mol. The molecule has 0 saturated carbocycles. The Labute approximate surface area is 118 Å². The number of anilines is 1. The van der Waals surface area contributed by atoms with E-state index in [-0.39, 0.29) is 10.6 Å². The summed E-state index contributed by atoms with van der Waals surface area (Å²) < 4.78 is 0. The van der Waals surface area contributed by atoms with E-state index >= 15 is 0 Å². The van der Waals surface area contributed by atoms with Crippen LogP contribution in [0.1, 0.15) is 12.1 Å². The summed E-state index contributed by atoms with van der Waals surface area (Å²) in [6.45, 7) is 6.06. The first-order chi connectivity index (χ1) is 9.54. The number of fused-ring (bicyclic) bond motifs is 1. The highest BCUT2D eigenvalue weighted by Gasteiger charge is 2.36. The fourth-order valence-electron chi connectivity index (χ4n) is 3.45. The van der Waals surface area contributed by atoms with Crippen LogP contribution in [-0.2, 0) is 0 Å². The van der Waals surface area contributed by atoms with Gasteiger partial charge in [-0.3, -0.25) is 10.1 Å². The normalized spacial score (nSPS) is 26.6. The molecule has 108 valence electrons. The highest BCUT2D eigenvalue weighted by molar-refractivity contribution is 5.47. The van der Waals surface area contributed by atoms with E-state index < -0.39 is 0 Å². The Balaban J connectivity index is 1.78. The van der Waals surface area contributed by atoms with Crippen molar-refractivity contribution in [2.75, 3.05) is 38.1 Å². The molecule has 0 bridgehead atoms. The number of rotatable bonds is 2. The van der Waals surface area contributed by atoms with Crippen LogP contribution in [0.4, 0.5) is 11.5 Å². The van der Waals surface area contributed by atoms with Crippen LogP contribution in [0.25, 0.3) is 0 Å². The summed E-state index contributed by atoms with van der Waals surface area (Å²) in [6.07, 6.45) is 1.24. The second kappa shape index (κ2) is 5.01. The lowest BCUT2D eigenvalue weighted by atomic mass is 9.89. The van der Waals surface area contributed by atoms with E-state index in [2.05, 4.69) is 21.8 Å². The third-order valence-corrected chi connectivity index (χ3v) is 4.57. The number of hydrogen-bond donors (Lipinski definition) is 0. The average molecular weight is 276 g/mol. The molecule has 6 heteroatoms. The molecular weight excluding hydrogens is 256 g/mol. The molecule has 2 aliphatic rings. The van der Waals surface area contributed by atoms with Gasteiger partial charge in [0.05, 0.1) is 4.92 Å². The van der Waals surface area contributed by atoms with Gasteiger partial charge in [-0.15, -0.1) is 0 Å². The molecule has 0 aromatic carbocycles. The predicted octanol–water partition coefficient (Wildman–Crippen LogP) is 1.69. The highest BCUT2D eigenvalue weighted by Crippen LogP contribution is 2.33. The van der Waals surface area contributed by atoms with Gasteiger partial charge in [0, 0.05) is 25.7 Å². The van der Waals surface area contributed by atoms with Gasteiger partial charge in [-0.2, -0.15) is 0 Å². The number of aryl methyl sites for hydroxylation is 1. The minimum absolute atomic E-state index is 0.102. The second-order valence-electron chi connectivity index (χ2n) is 6.01. The van der Waals surface area contributed by atoms with E-state index in [1.54, 1.807) is 19.1 Å². The summed E-state index contributed by atoms with van der Waals surface area (Å²) in [5.74, 6) is 2.32. The lowest BCUT2D eigenvalue weighted by Crippen LogP contribution is -2.37. The molecule has 2 atom stereocenters. The summed E-state index contributed by atoms with van der Waals surface area (Å²) in [7, 11) is 2.17. The molecule has 1 aromatic rings. The lowest BCUT2D eigenvalue weighted by Gasteiger charge is -2.31. The molecule has 3 heterocycles. The molecule has 2 fully saturated rings. The van der Waals surface area contributed by atoms with Crippen molar-refractivity contribution in [2.45, 2.75) is 13.3 Å². The Kier molecular flexibility index (Phi) is 3.33. The van der Waals surface area contributed by atoms with Gasteiger partial charge < -0.3 is 9.80 Å². The first-order valence-corrected chi connectivity index (χ1v) is 7.10. The zero-order valence-electron chi connectivity index (χ0n) is 12.0. The van der Waals surface area contributed by atoms with Crippen molar-refractivity contribution in [3.8, 4) is 0 Å². The largest absolute Gasteiger partial charge is 0.356 e. The quantitative estimate of drug-likeness (QED) is 0.607. The molecular formula is C14H20N4O2. The van der Waals surface area contributed by atoms with Gasteiger partial charge >= 0.3 is 0 Å². The van der Waals surface area contributed by atoms with Gasteiger partial charge in [-0.1, -0.05) is 0 Å². The maximum absolute atomic E-state index is 10.8. The number of aromatic nitrogens is 1. The fraction of sp³-hybridized carbons (Fsp3) is 0.643. The van der Waals surface area contributed by atoms with E-state index in [0.717, 1.165) is 31.4 Å². The van der Waals surface area contributed by atoms with Crippen LogP contribution >= 0.6 is 0 Å². The van der Waals surface area contributed by atoms with E-state index in [0.29, 0.717) is 11.6 Å². The molecule has 2 unspecified atom stereocenters. The third kappa shape index (κ3) is 2.35. The van der Waals surface area contributed by atoms with Gasteiger partial charge in [0.2, 0.25) is 0 Å². The van der Waals surface area contributed by atoms with E-state index in [1.165, 1.54) is 13.0 Å². The Morgan fingerprint density at radius 2 is 2.05 bits per heavy atom. The Morgan fingerprint density at radius 1 is 1.30 bits per heavy atom. The number of piperidine rings is 1. The molecule has 2 aliphatic heterocycles. The van der Waals surface area contributed by atoms with Crippen LogP contribution < -0.4 is 4.90 Å². The van der Waals surface area contributed by atoms with Crippen molar-refractivity contribution in [3.63, 3.8) is 0 Å². The van der Waals surface area contributed by atoms with Crippen LogP contribution in [-0.4, -0.2) is 48.0 Å². The second-order valence-corrected chi connectivity index (χ2v) is 6.01. The minimum Gasteiger partial charge on any atom is -0.356 e. The van der Waals surface area contributed by atoms with E-state index in [1.807, 2.05) is 0 Å². The average Bonchev–Trinajstić information content (AvgIpc) is 2.81. The maximum atomic E-state index is 10.8. The van der Waals surface area contributed by atoms with Gasteiger partial charge in [0.1, 0.15) is 11.5 Å². The van der Waals surface area contributed by atoms with Gasteiger partial charge in [-0.25, -0.2) is 4.98 Å². The number of nitrogens with zero attached hydrogens (tertiary/aromatic N) is 4. The summed E-state index contributed by atoms with van der Waals surface area (Å²) in [5.41, 5.74) is 0.601. The molecule has 0 N–H and O–H groups in total. The van der Waals surface area contributed by atoms with Crippen LogP contribution in [0.3, 0.4) is 0 Å².